The second-order valence-corrected chi connectivity index (χ2v) is 17.6. The molecule has 0 bridgehead atoms. The maximum atomic E-state index is 12.5. The zero-order chi connectivity index (χ0) is 39.1. The van der Waals surface area contributed by atoms with Gasteiger partial charge in [-0.2, -0.15) is 0 Å². The first-order valence-electron chi connectivity index (χ1n) is 22.1. The molecule has 0 heterocycles. The van der Waals surface area contributed by atoms with Crippen LogP contribution in [0.25, 0.3) is 0 Å². The van der Waals surface area contributed by atoms with Crippen molar-refractivity contribution in [3.8, 4) is 0 Å². The summed E-state index contributed by atoms with van der Waals surface area (Å²) in [5.74, 6) is -0.283. The van der Waals surface area contributed by atoms with E-state index in [0.29, 0.717) is 17.4 Å². The number of allylic oxidation sites excluding steroid dienone is 3. The van der Waals surface area contributed by atoms with E-state index in [2.05, 4.69) is 26.0 Å². The molecule has 0 aliphatic carbocycles. The second kappa shape index (κ2) is 37.7. The molecule has 0 fully saturated rings. The first kappa shape index (κ1) is 51.8. The summed E-state index contributed by atoms with van der Waals surface area (Å²) >= 11 is 0. The van der Waals surface area contributed by atoms with Gasteiger partial charge in [-0.25, -0.2) is 4.57 Å². The summed E-state index contributed by atoms with van der Waals surface area (Å²) in [5.41, 5.74) is 0. The number of quaternary nitrogens is 1. The quantitative estimate of drug-likeness (QED) is 0.0165. The van der Waals surface area contributed by atoms with Crippen molar-refractivity contribution in [2.24, 2.45) is 0 Å². The number of carbonyl (C=O) groups is 1. The summed E-state index contributed by atoms with van der Waals surface area (Å²) in [7, 11) is 1.67. The molecule has 9 heteroatoms. The highest BCUT2D eigenvalue weighted by atomic mass is 31.2. The van der Waals surface area contributed by atoms with E-state index in [1.807, 2.05) is 27.2 Å². The molecule has 0 aliphatic heterocycles. The number of phosphoric acid groups is 1. The molecular formula is C44H87NO7P+. The smallest absolute Gasteiger partial charge is 0.472 e. The number of hydrogen-bond donors (Lipinski definition) is 1. The highest BCUT2D eigenvalue weighted by Gasteiger charge is 2.25. The highest BCUT2D eigenvalue weighted by molar-refractivity contribution is 7.47. The average Bonchev–Trinajstić information content (AvgIpc) is 3.11. The maximum absolute atomic E-state index is 12.5. The number of nitrogens with zero attached hydrogens (tertiary/aromatic N) is 1. The number of phosphoric ester groups is 1. The third-order valence-electron chi connectivity index (χ3n) is 9.60. The van der Waals surface area contributed by atoms with E-state index in [-0.39, 0.29) is 25.8 Å². The van der Waals surface area contributed by atoms with Crippen LogP contribution < -0.4 is 0 Å². The molecule has 0 rings (SSSR count). The van der Waals surface area contributed by atoms with Gasteiger partial charge in [0.2, 0.25) is 0 Å². The van der Waals surface area contributed by atoms with Crippen molar-refractivity contribution >= 4 is 13.8 Å². The van der Waals surface area contributed by atoms with Crippen molar-refractivity contribution < 1.29 is 37.3 Å². The van der Waals surface area contributed by atoms with Gasteiger partial charge in [0.25, 0.3) is 0 Å². The van der Waals surface area contributed by atoms with Crippen LogP contribution in [0.4, 0.5) is 0 Å². The Morgan fingerprint density at radius 2 is 1.00 bits per heavy atom. The van der Waals surface area contributed by atoms with Crippen LogP contribution in [0.2, 0.25) is 0 Å². The standard InChI is InChI=1S/C44H86NO7P/c1-6-8-10-12-14-16-18-20-22-24-26-28-30-32-34-36-39-49-43(42-52-53(47,48)51-40-38-45(3,4)5)41-50-44(46)37-35-33-31-29-27-25-23-21-19-17-15-13-11-9-7-2/h21,23,36,39,43H,6-20,22,24-35,37-38,40-42H2,1-5H3/p+1/b23-21-,39-36-. The summed E-state index contributed by atoms with van der Waals surface area (Å²) in [4.78, 5) is 22.7. The molecule has 0 radical (unpaired) electrons. The fourth-order valence-electron chi connectivity index (χ4n) is 6.06. The highest BCUT2D eigenvalue weighted by Crippen LogP contribution is 2.43. The van der Waals surface area contributed by atoms with E-state index in [1.54, 1.807) is 6.26 Å². The number of esters is 1. The topological polar surface area (TPSA) is 91.3 Å². The fraction of sp³-hybridized carbons (Fsp3) is 0.886. The molecule has 2 atom stereocenters. The van der Waals surface area contributed by atoms with E-state index in [0.717, 1.165) is 38.5 Å². The molecule has 8 nitrogen and oxygen atoms in total. The molecule has 0 amide bonds. The van der Waals surface area contributed by atoms with Crippen molar-refractivity contribution in [1.29, 1.82) is 0 Å². The van der Waals surface area contributed by atoms with Gasteiger partial charge in [-0.15, -0.1) is 0 Å². The van der Waals surface area contributed by atoms with Crippen molar-refractivity contribution in [3.05, 3.63) is 24.5 Å². The van der Waals surface area contributed by atoms with E-state index >= 15 is 0 Å². The van der Waals surface area contributed by atoms with Gasteiger partial charge in [0.15, 0.2) is 6.10 Å². The Kier molecular flexibility index (Phi) is 36.9. The molecule has 0 saturated carbocycles. The summed E-state index contributed by atoms with van der Waals surface area (Å²) < 4.78 is 34.8. The minimum absolute atomic E-state index is 0.0496. The van der Waals surface area contributed by atoms with Crippen LogP contribution in [0, 0.1) is 0 Å². The molecule has 2 unspecified atom stereocenters. The number of carbonyl (C=O) groups excluding carboxylic acids is 1. The lowest BCUT2D eigenvalue weighted by Gasteiger charge is -2.24. The first-order valence-corrected chi connectivity index (χ1v) is 23.6. The molecule has 0 aromatic heterocycles. The summed E-state index contributed by atoms with van der Waals surface area (Å²) in [6.07, 6.45) is 43.1. The van der Waals surface area contributed by atoms with E-state index < -0.39 is 13.9 Å². The van der Waals surface area contributed by atoms with Gasteiger partial charge in [-0.3, -0.25) is 13.8 Å². The van der Waals surface area contributed by atoms with Gasteiger partial charge in [-0.1, -0.05) is 161 Å². The zero-order valence-electron chi connectivity index (χ0n) is 35.5. The van der Waals surface area contributed by atoms with Gasteiger partial charge >= 0.3 is 13.8 Å². The molecule has 0 aliphatic rings. The molecule has 1 N–H and O–H groups in total. The number of hydrogen-bond acceptors (Lipinski definition) is 6. The number of rotatable bonds is 41. The van der Waals surface area contributed by atoms with Crippen molar-refractivity contribution in [2.75, 3.05) is 47.5 Å². The van der Waals surface area contributed by atoms with Crippen molar-refractivity contribution in [2.45, 2.75) is 206 Å². The predicted molar refractivity (Wildman–Crippen MR) is 224 cm³/mol. The molecule has 0 spiro atoms. The third-order valence-corrected chi connectivity index (χ3v) is 10.6. The van der Waals surface area contributed by atoms with Gasteiger partial charge in [0, 0.05) is 6.42 Å². The largest absolute Gasteiger partial charge is 0.492 e. The first-order chi connectivity index (χ1) is 25.6. The van der Waals surface area contributed by atoms with Crippen LogP contribution in [-0.4, -0.2) is 69.0 Å². The molecule has 0 saturated heterocycles. The van der Waals surface area contributed by atoms with Crippen LogP contribution in [0.5, 0.6) is 0 Å². The van der Waals surface area contributed by atoms with Gasteiger partial charge in [0.1, 0.15) is 19.8 Å². The van der Waals surface area contributed by atoms with Crippen molar-refractivity contribution in [1.82, 2.24) is 0 Å². The van der Waals surface area contributed by atoms with E-state index in [4.69, 9.17) is 18.5 Å². The van der Waals surface area contributed by atoms with Crippen LogP contribution in [0.15, 0.2) is 24.5 Å². The summed E-state index contributed by atoms with van der Waals surface area (Å²) in [6, 6.07) is 0. The summed E-state index contributed by atoms with van der Waals surface area (Å²) in [5, 5.41) is 0. The Hall–Kier alpha value is -1.18. The van der Waals surface area contributed by atoms with Gasteiger partial charge < -0.3 is 18.9 Å². The van der Waals surface area contributed by atoms with Crippen molar-refractivity contribution in [3.63, 3.8) is 0 Å². The SMILES string of the molecule is CCCCCCCC/C=C\CCCCCCCC(=O)OCC(COP(=O)(O)OCC[N+](C)(C)C)O/C=C\CCCCCCCCCCCCCCCC. The Bertz CT molecular complexity index is 905. The van der Waals surface area contributed by atoms with E-state index in [1.165, 1.54) is 141 Å². The predicted octanol–water partition coefficient (Wildman–Crippen LogP) is 13.2. The Balaban J connectivity index is 4.28. The molecule has 53 heavy (non-hydrogen) atoms. The monoisotopic (exact) mass is 773 g/mol. The third kappa shape index (κ3) is 41.8. The Morgan fingerprint density at radius 3 is 1.45 bits per heavy atom. The molecule has 0 aromatic carbocycles. The van der Waals surface area contributed by atoms with Crippen LogP contribution >= 0.6 is 7.82 Å². The second-order valence-electron chi connectivity index (χ2n) is 16.1. The molecule has 314 valence electrons. The number of likely N-dealkylation sites (N-methyl/N-ethyl adjacent to an activating group) is 1. The molecular weight excluding hydrogens is 685 g/mol. The Labute approximate surface area is 328 Å². The lowest BCUT2D eigenvalue weighted by atomic mass is 10.0. The minimum Gasteiger partial charge on any atom is -0.492 e. The van der Waals surface area contributed by atoms with Gasteiger partial charge in [0.05, 0.1) is 34.0 Å². The fourth-order valence-corrected chi connectivity index (χ4v) is 6.80. The maximum Gasteiger partial charge on any atom is 0.472 e. The van der Waals surface area contributed by atoms with Crippen LogP contribution in [0.3, 0.4) is 0 Å². The summed E-state index contributed by atoms with van der Waals surface area (Å²) in [6.45, 7) is 4.91. The van der Waals surface area contributed by atoms with Crippen LogP contribution in [-0.2, 0) is 27.9 Å². The number of ether oxygens (including phenoxy) is 2. The lowest BCUT2D eigenvalue weighted by Crippen LogP contribution is -2.37. The normalized spacial score (nSPS) is 13.9. The molecule has 0 aromatic rings. The minimum atomic E-state index is -4.26. The lowest BCUT2D eigenvalue weighted by molar-refractivity contribution is -0.870. The van der Waals surface area contributed by atoms with Crippen LogP contribution in [0.1, 0.15) is 200 Å². The van der Waals surface area contributed by atoms with Gasteiger partial charge in [-0.05, 0) is 51.0 Å². The van der Waals surface area contributed by atoms with E-state index in [9.17, 15) is 14.3 Å². The Morgan fingerprint density at radius 1 is 0.585 bits per heavy atom. The zero-order valence-corrected chi connectivity index (χ0v) is 36.4. The average molecular weight is 773 g/mol. The number of unbranched alkanes of at least 4 members (excludes halogenated alkanes) is 25.